The van der Waals surface area contributed by atoms with E-state index in [9.17, 15) is 4.79 Å². The number of hydrogen-bond acceptors (Lipinski definition) is 2. The highest BCUT2D eigenvalue weighted by molar-refractivity contribution is 6.31. The molecule has 1 N–H and O–H groups in total. The first-order valence-corrected chi connectivity index (χ1v) is 10.3. The monoisotopic (exact) mass is 433 g/mol. The van der Waals surface area contributed by atoms with Crippen molar-refractivity contribution in [3.63, 3.8) is 0 Å². The number of amides is 1. The van der Waals surface area contributed by atoms with Crippen LogP contribution in [0.2, 0.25) is 10.0 Å². The lowest BCUT2D eigenvalue weighted by molar-refractivity contribution is 0.0730. The van der Waals surface area contributed by atoms with Gasteiger partial charge in [0.25, 0.3) is 5.91 Å². The first-order chi connectivity index (χ1) is 14.6. The van der Waals surface area contributed by atoms with Crippen LogP contribution in [-0.4, -0.2) is 21.0 Å². The molecule has 2 heterocycles. The molecule has 6 heteroatoms. The minimum Gasteiger partial charge on any atom is -0.322 e. The van der Waals surface area contributed by atoms with Gasteiger partial charge < -0.3 is 4.90 Å². The Kier molecular flexibility index (Phi) is 4.81. The molecule has 5 rings (SSSR count). The van der Waals surface area contributed by atoms with Crippen LogP contribution in [0.5, 0.6) is 0 Å². The van der Waals surface area contributed by atoms with Crippen LogP contribution >= 0.6 is 23.2 Å². The van der Waals surface area contributed by atoms with Crippen molar-refractivity contribution in [1.82, 2.24) is 15.1 Å². The lowest BCUT2D eigenvalue weighted by Crippen LogP contribution is -2.29. The Morgan fingerprint density at radius 2 is 1.60 bits per heavy atom. The molecule has 0 saturated carbocycles. The van der Waals surface area contributed by atoms with E-state index in [4.69, 9.17) is 23.2 Å². The Morgan fingerprint density at radius 3 is 2.33 bits per heavy atom. The number of carbonyl (C=O) groups excluding carboxylic acids is 1. The fourth-order valence-corrected chi connectivity index (χ4v) is 4.35. The van der Waals surface area contributed by atoms with Crippen molar-refractivity contribution in [2.75, 3.05) is 0 Å². The van der Waals surface area contributed by atoms with Crippen LogP contribution in [0.15, 0.2) is 78.9 Å². The number of rotatable bonds is 4. The van der Waals surface area contributed by atoms with Crippen molar-refractivity contribution >= 4 is 29.1 Å². The van der Waals surface area contributed by atoms with Gasteiger partial charge in [0.05, 0.1) is 11.7 Å². The van der Waals surface area contributed by atoms with Crippen LogP contribution in [0.1, 0.15) is 33.2 Å². The van der Waals surface area contributed by atoms with Gasteiger partial charge in [-0.1, -0.05) is 83.9 Å². The van der Waals surface area contributed by atoms with E-state index in [1.807, 2.05) is 83.8 Å². The molecule has 0 bridgehead atoms. The maximum absolute atomic E-state index is 13.4. The molecular formula is C24H17Cl2N3O. The van der Waals surface area contributed by atoms with Gasteiger partial charge in [0.2, 0.25) is 0 Å². The number of nitrogens with one attached hydrogen (secondary N) is 1. The third kappa shape index (κ3) is 3.18. The average Bonchev–Trinajstić information content (AvgIpc) is 3.30. The molecule has 1 aliphatic heterocycles. The van der Waals surface area contributed by atoms with Crippen molar-refractivity contribution in [3.8, 4) is 11.3 Å². The number of fused-ring (bicyclic) bond motifs is 1. The van der Waals surface area contributed by atoms with Gasteiger partial charge in [-0.2, -0.15) is 5.10 Å². The first-order valence-electron chi connectivity index (χ1n) is 9.57. The molecular weight excluding hydrogens is 417 g/mol. The zero-order valence-electron chi connectivity index (χ0n) is 15.8. The van der Waals surface area contributed by atoms with E-state index in [1.165, 1.54) is 0 Å². The molecule has 0 fully saturated rings. The summed E-state index contributed by atoms with van der Waals surface area (Å²) >= 11 is 12.7. The lowest BCUT2D eigenvalue weighted by atomic mass is 9.96. The number of aromatic amines is 1. The quantitative estimate of drug-likeness (QED) is 0.420. The topological polar surface area (TPSA) is 49.0 Å². The van der Waals surface area contributed by atoms with Crippen molar-refractivity contribution in [3.05, 3.63) is 111 Å². The van der Waals surface area contributed by atoms with E-state index in [1.54, 1.807) is 0 Å². The van der Waals surface area contributed by atoms with Gasteiger partial charge in [-0.15, -0.1) is 0 Å². The van der Waals surface area contributed by atoms with E-state index in [0.717, 1.165) is 27.9 Å². The zero-order valence-corrected chi connectivity index (χ0v) is 17.4. The summed E-state index contributed by atoms with van der Waals surface area (Å²) in [5.74, 6) is -0.0912. The molecule has 1 unspecified atom stereocenters. The molecule has 1 aliphatic rings. The predicted molar refractivity (Wildman–Crippen MR) is 119 cm³/mol. The van der Waals surface area contributed by atoms with Crippen LogP contribution < -0.4 is 0 Å². The summed E-state index contributed by atoms with van der Waals surface area (Å²) < 4.78 is 0. The maximum Gasteiger partial charge on any atom is 0.273 e. The maximum atomic E-state index is 13.4. The molecule has 0 saturated heterocycles. The van der Waals surface area contributed by atoms with E-state index >= 15 is 0 Å². The van der Waals surface area contributed by atoms with Gasteiger partial charge in [0.1, 0.15) is 5.69 Å². The van der Waals surface area contributed by atoms with Crippen LogP contribution in [-0.2, 0) is 6.54 Å². The van der Waals surface area contributed by atoms with Crippen LogP contribution in [0.3, 0.4) is 0 Å². The second-order valence-corrected chi connectivity index (χ2v) is 8.05. The minimum absolute atomic E-state index is 0.0912. The Bertz CT molecular complexity index is 1220. The highest BCUT2D eigenvalue weighted by atomic mass is 35.5. The normalized spacial score (nSPS) is 15.5. The smallest absolute Gasteiger partial charge is 0.273 e. The van der Waals surface area contributed by atoms with E-state index in [0.29, 0.717) is 22.3 Å². The average molecular weight is 434 g/mol. The number of aromatic nitrogens is 2. The van der Waals surface area contributed by atoms with Crippen molar-refractivity contribution in [1.29, 1.82) is 0 Å². The van der Waals surface area contributed by atoms with Gasteiger partial charge in [-0.05, 0) is 29.3 Å². The highest BCUT2D eigenvalue weighted by Crippen LogP contribution is 2.45. The van der Waals surface area contributed by atoms with Gasteiger partial charge in [0, 0.05) is 27.7 Å². The van der Waals surface area contributed by atoms with Crippen LogP contribution in [0.4, 0.5) is 0 Å². The fourth-order valence-electron chi connectivity index (χ4n) is 3.99. The third-order valence-corrected chi connectivity index (χ3v) is 5.97. The minimum atomic E-state index is -0.342. The second-order valence-electron chi connectivity index (χ2n) is 7.21. The highest BCUT2D eigenvalue weighted by Gasteiger charge is 2.42. The van der Waals surface area contributed by atoms with Crippen molar-refractivity contribution < 1.29 is 4.79 Å². The Balaban J connectivity index is 1.67. The second kappa shape index (κ2) is 7.63. The van der Waals surface area contributed by atoms with E-state index < -0.39 is 0 Å². The number of carbonyl (C=O) groups is 1. The molecule has 0 radical (unpaired) electrons. The summed E-state index contributed by atoms with van der Waals surface area (Å²) in [6, 6.07) is 24.7. The molecule has 4 nitrogen and oxygen atoms in total. The summed E-state index contributed by atoms with van der Waals surface area (Å²) in [7, 11) is 0. The van der Waals surface area contributed by atoms with Crippen LogP contribution in [0.25, 0.3) is 11.3 Å². The van der Waals surface area contributed by atoms with E-state index in [-0.39, 0.29) is 11.9 Å². The van der Waals surface area contributed by atoms with E-state index in [2.05, 4.69) is 10.2 Å². The van der Waals surface area contributed by atoms with Gasteiger partial charge in [0.15, 0.2) is 0 Å². The summed E-state index contributed by atoms with van der Waals surface area (Å²) in [5, 5.41) is 8.71. The molecule has 1 amide bonds. The number of hydrogen-bond donors (Lipinski definition) is 1. The molecule has 1 aromatic heterocycles. The molecule has 0 spiro atoms. The number of halogens is 2. The lowest BCUT2D eigenvalue weighted by Gasteiger charge is -2.27. The number of benzene rings is 3. The fraction of sp³-hybridized carbons (Fsp3) is 0.0833. The SMILES string of the molecule is O=C1c2[nH]nc(-c3ccc(Cl)cc3)c2C(c2ccccc2Cl)N1Cc1ccccc1. The molecule has 148 valence electrons. The molecule has 1 atom stereocenters. The summed E-state index contributed by atoms with van der Waals surface area (Å²) in [4.78, 5) is 15.2. The van der Waals surface area contributed by atoms with Crippen molar-refractivity contribution in [2.24, 2.45) is 0 Å². The molecule has 0 aliphatic carbocycles. The van der Waals surface area contributed by atoms with Gasteiger partial charge in [-0.3, -0.25) is 9.89 Å². The van der Waals surface area contributed by atoms with Gasteiger partial charge in [-0.25, -0.2) is 0 Å². The largest absolute Gasteiger partial charge is 0.322 e. The summed E-state index contributed by atoms with van der Waals surface area (Å²) in [6.07, 6.45) is 0. The predicted octanol–water partition coefficient (Wildman–Crippen LogP) is 6.13. The number of nitrogens with zero attached hydrogens (tertiary/aromatic N) is 2. The molecule has 4 aromatic rings. The van der Waals surface area contributed by atoms with Gasteiger partial charge >= 0.3 is 0 Å². The van der Waals surface area contributed by atoms with Crippen LogP contribution in [0, 0.1) is 0 Å². The Morgan fingerprint density at radius 1 is 0.900 bits per heavy atom. The van der Waals surface area contributed by atoms with Crippen molar-refractivity contribution in [2.45, 2.75) is 12.6 Å². The third-order valence-electron chi connectivity index (χ3n) is 5.38. The molecule has 3 aromatic carbocycles. The standard InChI is InChI=1S/C24H17Cl2N3O/c25-17-12-10-16(11-13-17)21-20-22(28-27-21)24(30)29(14-15-6-2-1-3-7-15)23(20)18-8-4-5-9-19(18)26/h1-13,23H,14H2,(H,27,28). The summed E-state index contributed by atoms with van der Waals surface area (Å²) in [5.41, 5.74) is 4.89. The Labute approximate surface area is 184 Å². The first kappa shape index (κ1) is 18.9. The number of H-pyrrole nitrogens is 1. The Hall–Kier alpha value is -3.08. The molecule has 30 heavy (non-hydrogen) atoms. The zero-order chi connectivity index (χ0) is 20.7. The summed E-state index contributed by atoms with van der Waals surface area (Å²) in [6.45, 7) is 0.470.